The highest BCUT2D eigenvalue weighted by Gasteiger charge is 1.98. The van der Waals surface area contributed by atoms with Crippen molar-refractivity contribution < 1.29 is 0 Å². The molecule has 1 nitrogen and oxygen atoms in total. The smallest absolute Gasteiger partial charge is 0.0498 e. The van der Waals surface area contributed by atoms with Crippen molar-refractivity contribution in [1.29, 1.82) is 0 Å². The Bertz CT molecular complexity index is 288. The number of hydrogen-bond donors (Lipinski definition) is 1. The van der Waals surface area contributed by atoms with Crippen molar-refractivity contribution in [1.82, 2.24) is 0 Å². The van der Waals surface area contributed by atoms with Gasteiger partial charge in [-0.25, -0.2) is 0 Å². The Balaban J connectivity index is 2.87. The van der Waals surface area contributed by atoms with Crippen LogP contribution in [0.2, 0.25) is 5.02 Å². The number of benzene rings is 1. The van der Waals surface area contributed by atoms with Gasteiger partial charge in [-0.3, -0.25) is 0 Å². The SMILES string of the molecule is Nc1cccc(Cl)c1C=CCCCl. The maximum atomic E-state index is 5.94. The molecule has 0 saturated carbocycles. The van der Waals surface area contributed by atoms with Crippen LogP contribution >= 0.6 is 23.2 Å². The molecule has 70 valence electrons. The van der Waals surface area contributed by atoms with Crippen molar-refractivity contribution in [3.8, 4) is 0 Å². The van der Waals surface area contributed by atoms with E-state index >= 15 is 0 Å². The van der Waals surface area contributed by atoms with Gasteiger partial charge >= 0.3 is 0 Å². The van der Waals surface area contributed by atoms with E-state index in [0.717, 1.165) is 12.0 Å². The molecule has 0 fully saturated rings. The van der Waals surface area contributed by atoms with Gasteiger partial charge < -0.3 is 5.73 Å². The monoisotopic (exact) mass is 215 g/mol. The summed E-state index contributed by atoms with van der Waals surface area (Å²) < 4.78 is 0. The Hall–Kier alpha value is -0.660. The third-order valence-electron chi connectivity index (χ3n) is 1.65. The second-order valence-corrected chi connectivity index (χ2v) is 3.41. The van der Waals surface area contributed by atoms with Crippen LogP contribution in [0.4, 0.5) is 5.69 Å². The van der Waals surface area contributed by atoms with Crippen LogP contribution in [0.5, 0.6) is 0 Å². The number of rotatable bonds is 3. The highest BCUT2D eigenvalue weighted by Crippen LogP contribution is 2.23. The summed E-state index contributed by atoms with van der Waals surface area (Å²) >= 11 is 11.5. The van der Waals surface area contributed by atoms with Crippen molar-refractivity contribution in [2.75, 3.05) is 11.6 Å². The van der Waals surface area contributed by atoms with E-state index in [1.54, 1.807) is 0 Å². The van der Waals surface area contributed by atoms with Crippen LogP contribution in [-0.2, 0) is 0 Å². The molecule has 13 heavy (non-hydrogen) atoms. The standard InChI is InChI=1S/C10H11Cl2N/c11-7-2-1-4-8-9(12)5-3-6-10(8)13/h1,3-6H,2,7,13H2. The van der Waals surface area contributed by atoms with Crippen molar-refractivity contribution in [2.24, 2.45) is 0 Å². The minimum Gasteiger partial charge on any atom is -0.398 e. The Morgan fingerprint density at radius 2 is 2.15 bits per heavy atom. The molecule has 0 spiro atoms. The molecule has 2 N–H and O–H groups in total. The highest BCUT2D eigenvalue weighted by atomic mass is 35.5. The first-order chi connectivity index (χ1) is 6.25. The van der Waals surface area contributed by atoms with Gasteiger partial charge in [0.2, 0.25) is 0 Å². The van der Waals surface area contributed by atoms with Crippen molar-refractivity contribution >= 4 is 35.0 Å². The summed E-state index contributed by atoms with van der Waals surface area (Å²) in [5, 5.41) is 0.672. The second-order valence-electron chi connectivity index (χ2n) is 2.62. The third-order valence-corrected chi connectivity index (χ3v) is 2.19. The molecule has 1 rings (SSSR count). The molecule has 0 radical (unpaired) electrons. The predicted octanol–water partition coefficient (Wildman–Crippen LogP) is 3.56. The molecule has 1 aromatic carbocycles. The van der Waals surface area contributed by atoms with Gasteiger partial charge in [-0.15, -0.1) is 11.6 Å². The molecule has 0 atom stereocenters. The lowest BCUT2D eigenvalue weighted by molar-refractivity contribution is 1.24. The summed E-state index contributed by atoms with van der Waals surface area (Å²) in [6.07, 6.45) is 4.69. The van der Waals surface area contributed by atoms with Crippen molar-refractivity contribution in [3.05, 3.63) is 34.9 Å². The Morgan fingerprint density at radius 3 is 2.77 bits per heavy atom. The molecule has 0 unspecified atom stereocenters. The largest absolute Gasteiger partial charge is 0.398 e. The van der Waals surface area contributed by atoms with Crippen LogP contribution in [0, 0.1) is 0 Å². The Labute approximate surface area is 88.1 Å². The molecule has 0 saturated heterocycles. The van der Waals surface area contributed by atoms with Gasteiger partial charge in [0, 0.05) is 22.2 Å². The molecule has 0 amide bonds. The second kappa shape index (κ2) is 5.15. The van der Waals surface area contributed by atoms with E-state index < -0.39 is 0 Å². The van der Waals surface area contributed by atoms with Crippen LogP contribution < -0.4 is 5.73 Å². The first-order valence-electron chi connectivity index (χ1n) is 4.02. The van der Waals surface area contributed by atoms with Gasteiger partial charge in [0.25, 0.3) is 0 Å². The van der Waals surface area contributed by atoms with Crippen LogP contribution in [0.3, 0.4) is 0 Å². The van der Waals surface area contributed by atoms with Gasteiger partial charge in [0.1, 0.15) is 0 Å². The van der Waals surface area contributed by atoms with Crippen LogP contribution in [0.15, 0.2) is 24.3 Å². The summed E-state index contributed by atoms with van der Waals surface area (Å²) in [7, 11) is 0. The fraction of sp³-hybridized carbons (Fsp3) is 0.200. The predicted molar refractivity (Wildman–Crippen MR) is 60.2 cm³/mol. The van der Waals surface area contributed by atoms with E-state index in [9.17, 15) is 0 Å². The maximum Gasteiger partial charge on any atom is 0.0498 e. The number of nitrogens with two attached hydrogens (primary N) is 1. The fourth-order valence-electron chi connectivity index (χ4n) is 0.994. The van der Waals surface area contributed by atoms with Crippen molar-refractivity contribution in [2.45, 2.75) is 6.42 Å². The van der Waals surface area contributed by atoms with Crippen LogP contribution in [0.25, 0.3) is 6.08 Å². The average molecular weight is 216 g/mol. The number of anilines is 1. The number of hydrogen-bond acceptors (Lipinski definition) is 1. The molecule has 0 heterocycles. The quantitative estimate of drug-likeness (QED) is 0.606. The lowest BCUT2D eigenvalue weighted by Gasteiger charge is -2.01. The van der Waals surface area contributed by atoms with Gasteiger partial charge in [-0.1, -0.05) is 29.8 Å². The molecular weight excluding hydrogens is 205 g/mol. The zero-order valence-electron chi connectivity index (χ0n) is 7.13. The summed E-state index contributed by atoms with van der Waals surface area (Å²) in [4.78, 5) is 0. The zero-order valence-corrected chi connectivity index (χ0v) is 8.65. The van der Waals surface area contributed by atoms with E-state index in [1.807, 2.05) is 30.4 Å². The Kier molecular flexibility index (Phi) is 4.13. The van der Waals surface area contributed by atoms with Crippen LogP contribution in [0.1, 0.15) is 12.0 Å². The van der Waals surface area contributed by atoms with E-state index in [1.165, 1.54) is 0 Å². The lowest BCUT2D eigenvalue weighted by atomic mass is 10.1. The molecule has 0 aliphatic heterocycles. The summed E-state index contributed by atoms with van der Waals surface area (Å²) in [6.45, 7) is 0. The number of allylic oxidation sites excluding steroid dienone is 1. The number of alkyl halides is 1. The lowest BCUT2D eigenvalue weighted by Crippen LogP contribution is -1.89. The molecule has 0 bridgehead atoms. The molecule has 0 aromatic heterocycles. The first-order valence-corrected chi connectivity index (χ1v) is 4.93. The van der Waals surface area contributed by atoms with Gasteiger partial charge in [0.05, 0.1) is 0 Å². The van der Waals surface area contributed by atoms with Crippen LogP contribution in [-0.4, -0.2) is 5.88 Å². The number of halogens is 2. The average Bonchev–Trinajstić information content (AvgIpc) is 2.10. The molecule has 0 aliphatic rings. The van der Waals surface area contributed by atoms with E-state index in [2.05, 4.69) is 0 Å². The minimum absolute atomic E-state index is 0.612. The molecular formula is C10H11Cl2N. The normalized spacial score (nSPS) is 10.9. The maximum absolute atomic E-state index is 5.94. The van der Waals surface area contributed by atoms with E-state index in [-0.39, 0.29) is 0 Å². The van der Waals surface area contributed by atoms with Gasteiger partial charge in [0.15, 0.2) is 0 Å². The summed E-state index contributed by atoms with van der Waals surface area (Å²) in [5.74, 6) is 0.612. The molecule has 3 heteroatoms. The van der Waals surface area contributed by atoms with Gasteiger partial charge in [-0.05, 0) is 18.6 Å². The highest BCUT2D eigenvalue weighted by molar-refractivity contribution is 6.32. The number of nitrogen functional groups attached to an aromatic ring is 1. The minimum atomic E-state index is 0.612. The summed E-state index contributed by atoms with van der Waals surface area (Å²) in [6, 6.07) is 5.47. The third kappa shape index (κ3) is 2.94. The summed E-state index contributed by atoms with van der Waals surface area (Å²) in [5.41, 5.74) is 7.30. The Morgan fingerprint density at radius 1 is 1.38 bits per heavy atom. The first kappa shape index (κ1) is 10.4. The molecule has 0 aliphatic carbocycles. The van der Waals surface area contributed by atoms with Crippen molar-refractivity contribution in [3.63, 3.8) is 0 Å². The molecule has 1 aromatic rings. The van der Waals surface area contributed by atoms with Gasteiger partial charge in [-0.2, -0.15) is 0 Å². The fourth-order valence-corrected chi connectivity index (χ4v) is 1.36. The van der Waals surface area contributed by atoms with E-state index in [0.29, 0.717) is 16.6 Å². The topological polar surface area (TPSA) is 26.0 Å². The zero-order chi connectivity index (χ0) is 9.68. The van der Waals surface area contributed by atoms with E-state index in [4.69, 9.17) is 28.9 Å².